The van der Waals surface area contributed by atoms with Crippen LogP contribution < -0.4 is 11.1 Å². The molecule has 0 aliphatic rings. The van der Waals surface area contributed by atoms with Crippen LogP contribution in [0.2, 0.25) is 0 Å². The largest absolute Gasteiger partial charge is 0.398 e. The second kappa shape index (κ2) is 5.19. The van der Waals surface area contributed by atoms with Gasteiger partial charge in [0.05, 0.1) is 0 Å². The highest BCUT2D eigenvalue weighted by atomic mass is 16.3. The summed E-state index contributed by atoms with van der Waals surface area (Å²) in [4.78, 5) is 11.8. The zero-order chi connectivity index (χ0) is 13.1. The Morgan fingerprint density at radius 1 is 1.47 bits per heavy atom. The standard InChI is InChI=1S/C13H20N2O2/c1-9-4-5-10(6-11(9)14)12(17)15-7-13(2,3)8-16/h4-6,16H,7-8,14H2,1-3H3,(H,15,17). The Kier molecular flexibility index (Phi) is 4.12. The highest BCUT2D eigenvalue weighted by Gasteiger charge is 2.18. The van der Waals surface area contributed by atoms with Gasteiger partial charge in [-0.3, -0.25) is 4.79 Å². The summed E-state index contributed by atoms with van der Waals surface area (Å²) in [5, 5.41) is 11.9. The van der Waals surface area contributed by atoms with E-state index in [4.69, 9.17) is 10.8 Å². The number of nitrogens with two attached hydrogens (primary N) is 1. The van der Waals surface area contributed by atoms with Crippen LogP contribution in [0.4, 0.5) is 5.69 Å². The average Bonchev–Trinajstić information content (AvgIpc) is 2.30. The number of aryl methyl sites for hydroxylation is 1. The third-order valence-corrected chi connectivity index (χ3v) is 2.70. The molecule has 4 nitrogen and oxygen atoms in total. The van der Waals surface area contributed by atoms with E-state index in [0.717, 1.165) is 5.56 Å². The van der Waals surface area contributed by atoms with E-state index in [1.54, 1.807) is 12.1 Å². The normalized spacial score (nSPS) is 11.3. The molecule has 1 rings (SSSR count). The molecule has 0 saturated heterocycles. The number of hydrogen-bond donors (Lipinski definition) is 3. The Balaban J connectivity index is 2.68. The van der Waals surface area contributed by atoms with Gasteiger partial charge in [-0.2, -0.15) is 0 Å². The van der Waals surface area contributed by atoms with Gasteiger partial charge in [0.15, 0.2) is 0 Å². The number of hydrogen-bond acceptors (Lipinski definition) is 3. The molecule has 4 N–H and O–H groups in total. The van der Waals surface area contributed by atoms with Crippen molar-refractivity contribution in [2.75, 3.05) is 18.9 Å². The van der Waals surface area contributed by atoms with Crippen LogP contribution in [0.3, 0.4) is 0 Å². The number of amides is 1. The topological polar surface area (TPSA) is 75.3 Å². The van der Waals surface area contributed by atoms with Crippen molar-refractivity contribution in [1.82, 2.24) is 5.32 Å². The van der Waals surface area contributed by atoms with Gasteiger partial charge in [-0.05, 0) is 24.6 Å². The summed E-state index contributed by atoms with van der Waals surface area (Å²) >= 11 is 0. The Morgan fingerprint density at radius 2 is 2.12 bits per heavy atom. The van der Waals surface area contributed by atoms with Crippen molar-refractivity contribution in [2.45, 2.75) is 20.8 Å². The molecule has 1 amide bonds. The van der Waals surface area contributed by atoms with E-state index in [1.165, 1.54) is 0 Å². The van der Waals surface area contributed by atoms with Crippen LogP contribution in [0.1, 0.15) is 29.8 Å². The maximum atomic E-state index is 11.8. The Hall–Kier alpha value is -1.55. The number of anilines is 1. The lowest BCUT2D eigenvalue weighted by molar-refractivity contribution is 0.0911. The first-order valence-corrected chi connectivity index (χ1v) is 5.61. The molecule has 0 aliphatic carbocycles. The lowest BCUT2D eigenvalue weighted by atomic mass is 9.95. The van der Waals surface area contributed by atoms with E-state index in [9.17, 15) is 4.79 Å². The summed E-state index contributed by atoms with van der Waals surface area (Å²) in [5.41, 5.74) is 7.54. The lowest BCUT2D eigenvalue weighted by Gasteiger charge is -2.21. The number of benzene rings is 1. The number of nitrogen functional groups attached to an aromatic ring is 1. The van der Waals surface area contributed by atoms with E-state index in [-0.39, 0.29) is 17.9 Å². The summed E-state index contributed by atoms with van der Waals surface area (Å²) in [5.74, 6) is -0.168. The maximum absolute atomic E-state index is 11.8. The zero-order valence-corrected chi connectivity index (χ0v) is 10.6. The van der Waals surface area contributed by atoms with Gasteiger partial charge in [-0.25, -0.2) is 0 Å². The highest BCUT2D eigenvalue weighted by molar-refractivity contribution is 5.95. The molecule has 0 spiro atoms. The maximum Gasteiger partial charge on any atom is 0.251 e. The molecule has 1 aromatic rings. The second-order valence-electron chi connectivity index (χ2n) is 5.08. The van der Waals surface area contributed by atoms with Gasteiger partial charge >= 0.3 is 0 Å². The molecule has 0 fully saturated rings. The number of rotatable bonds is 4. The molecule has 4 heteroatoms. The van der Waals surface area contributed by atoms with Crippen molar-refractivity contribution in [3.05, 3.63) is 29.3 Å². The van der Waals surface area contributed by atoms with Crippen LogP contribution in [0.15, 0.2) is 18.2 Å². The van der Waals surface area contributed by atoms with Crippen molar-refractivity contribution in [1.29, 1.82) is 0 Å². The minimum atomic E-state index is -0.314. The molecule has 1 aromatic carbocycles. The van der Waals surface area contributed by atoms with Gasteiger partial charge in [0.1, 0.15) is 0 Å². The molecule has 0 aromatic heterocycles. The molecule has 94 valence electrons. The van der Waals surface area contributed by atoms with E-state index in [1.807, 2.05) is 26.8 Å². The van der Waals surface area contributed by atoms with Crippen molar-refractivity contribution in [3.8, 4) is 0 Å². The third-order valence-electron chi connectivity index (χ3n) is 2.70. The molecule has 17 heavy (non-hydrogen) atoms. The van der Waals surface area contributed by atoms with Gasteiger partial charge < -0.3 is 16.2 Å². The van der Waals surface area contributed by atoms with Crippen LogP contribution in [0, 0.1) is 12.3 Å². The summed E-state index contributed by atoms with van der Waals surface area (Å²) in [6, 6.07) is 5.23. The van der Waals surface area contributed by atoms with Gasteiger partial charge in [0.25, 0.3) is 5.91 Å². The van der Waals surface area contributed by atoms with Crippen molar-refractivity contribution < 1.29 is 9.90 Å². The van der Waals surface area contributed by atoms with Gasteiger partial charge in [0.2, 0.25) is 0 Å². The van der Waals surface area contributed by atoms with Crippen molar-refractivity contribution in [2.24, 2.45) is 5.41 Å². The van der Waals surface area contributed by atoms with Gasteiger partial charge in [-0.1, -0.05) is 19.9 Å². The summed E-state index contributed by atoms with van der Waals surface area (Å²) in [7, 11) is 0. The van der Waals surface area contributed by atoms with Crippen LogP contribution >= 0.6 is 0 Å². The lowest BCUT2D eigenvalue weighted by Crippen LogP contribution is -2.36. The quantitative estimate of drug-likeness (QED) is 0.690. The van der Waals surface area contributed by atoms with Crippen LogP contribution in [-0.4, -0.2) is 24.2 Å². The minimum Gasteiger partial charge on any atom is -0.398 e. The van der Waals surface area contributed by atoms with Crippen molar-refractivity contribution in [3.63, 3.8) is 0 Å². The molecular weight excluding hydrogens is 216 g/mol. The Bertz CT molecular complexity index is 414. The summed E-state index contributed by atoms with van der Waals surface area (Å²) in [6.45, 7) is 6.12. The van der Waals surface area contributed by atoms with E-state index in [2.05, 4.69) is 5.32 Å². The van der Waals surface area contributed by atoms with E-state index < -0.39 is 0 Å². The fraction of sp³-hybridized carbons (Fsp3) is 0.462. The first kappa shape index (κ1) is 13.5. The fourth-order valence-corrected chi connectivity index (χ4v) is 1.26. The number of aliphatic hydroxyl groups is 1. The molecule has 0 bridgehead atoms. The monoisotopic (exact) mass is 236 g/mol. The molecule has 0 atom stereocenters. The van der Waals surface area contributed by atoms with E-state index >= 15 is 0 Å². The molecule has 0 unspecified atom stereocenters. The van der Waals surface area contributed by atoms with Crippen LogP contribution in [0.5, 0.6) is 0 Å². The van der Waals surface area contributed by atoms with E-state index in [0.29, 0.717) is 17.8 Å². The number of carbonyl (C=O) groups excluding carboxylic acids is 1. The molecule has 0 radical (unpaired) electrons. The molecule has 0 heterocycles. The number of carbonyl (C=O) groups is 1. The second-order valence-corrected chi connectivity index (χ2v) is 5.08. The molecular formula is C13H20N2O2. The average molecular weight is 236 g/mol. The molecule has 0 aliphatic heterocycles. The van der Waals surface area contributed by atoms with Gasteiger partial charge in [-0.15, -0.1) is 0 Å². The highest BCUT2D eigenvalue weighted by Crippen LogP contribution is 2.14. The number of nitrogens with one attached hydrogen (secondary N) is 1. The Morgan fingerprint density at radius 3 is 2.65 bits per heavy atom. The Labute approximate surface area is 102 Å². The smallest absolute Gasteiger partial charge is 0.251 e. The summed E-state index contributed by atoms with van der Waals surface area (Å²) < 4.78 is 0. The van der Waals surface area contributed by atoms with Gasteiger partial charge in [0, 0.05) is 29.8 Å². The van der Waals surface area contributed by atoms with Crippen LogP contribution in [0.25, 0.3) is 0 Å². The van der Waals surface area contributed by atoms with Crippen LogP contribution in [-0.2, 0) is 0 Å². The number of aliphatic hydroxyl groups excluding tert-OH is 1. The molecule has 0 saturated carbocycles. The predicted molar refractivity (Wildman–Crippen MR) is 68.8 cm³/mol. The summed E-state index contributed by atoms with van der Waals surface area (Å²) in [6.07, 6.45) is 0. The first-order valence-electron chi connectivity index (χ1n) is 5.61. The minimum absolute atomic E-state index is 0.0311. The fourth-order valence-electron chi connectivity index (χ4n) is 1.26. The first-order chi connectivity index (χ1) is 7.85. The third kappa shape index (κ3) is 3.75. The predicted octanol–water partition coefficient (Wildman–Crippen LogP) is 1.33. The van der Waals surface area contributed by atoms with Crippen molar-refractivity contribution >= 4 is 11.6 Å². The zero-order valence-electron chi connectivity index (χ0n) is 10.6. The SMILES string of the molecule is Cc1ccc(C(=O)NCC(C)(C)CO)cc1N.